The number of hydrogen-bond acceptors (Lipinski definition) is 4. The molecule has 0 fully saturated rings. The molecule has 0 spiro atoms. The normalized spacial score (nSPS) is 14.5. The summed E-state index contributed by atoms with van der Waals surface area (Å²) >= 11 is 6.32. The highest BCUT2D eigenvalue weighted by Crippen LogP contribution is 2.44. The summed E-state index contributed by atoms with van der Waals surface area (Å²) in [4.78, 5) is 11.2. The Bertz CT molecular complexity index is 492. The lowest BCUT2D eigenvalue weighted by atomic mass is 9.77. The van der Waals surface area contributed by atoms with Crippen LogP contribution in [0.25, 0.3) is 0 Å². The van der Waals surface area contributed by atoms with Crippen molar-refractivity contribution in [2.24, 2.45) is 5.73 Å². The van der Waals surface area contributed by atoms with Gasteiger partial charge in [-0.25, -0.2) is 4.79 Å². The fourth-order valence-electron chi connectivity index (χ4n) is 2.58. The number of carbonyl (C=O) groups is 1. The Balaban J connectivity index is 3.41. The van der Waals surface area contributed by atoms with E-state index in [1.165, 1.54) is 7.11 Å². The van der Waals surface area contributed by atoms with Crippen LogP contribution in [0.1, 0.15) is 32.8 Å². The molecule has 0 heterocycles. The van der Waals surface area contributed by atoms with E-state index in [1.807, 2.05) is 25.1 Å². The van der Waals surface area contributed by atoms with Crippen LogP contribution in [0.15, 0.2) is 24.3 Å². The molecule has 118 valence electrons. The van der Waals surface area contributed by atoms with Gasteiger partial charge in [-0.15, -0.1) is 0 Å². The molecule has 0 aromatic heterocycles. The van der Waals surface area contributed by atoms with E-state index in [0.29, 0.717) is 11.4 Å². The molecule has 0 aliphatic carbocycles. The third kappa shape index (κ3) is 3.67. The first-order chi connectivity index (χ1) is 9.80. The summed E-state index contributed by atoms with van der Waals surface area (Å²) in [7, 11) is 1.52. The van der Waals surface area contributed by atoms with Crippen LogP contribution < -0.4 is 5.73 Å². The zero-order chi connectivity index (χ0) is 16.1. The van der Waals surface area contributed by atoms with Gasteiger partial charge in [0.05, 0.1) is 0 Å². The lowest BCUT2D eigenvalue weighted by molar-refractivity contribution is -0.216. The topological polar surface area (TPSA) is 70.8 Å². The maximum absolute atomic E-state index is 11.2. The van der Waals surface area contributed by atoms with Crippen molar-refractivity contribution in [3.05, 3.63) is 34.9 Å². The summed E-state index contributed by atoms with van der Waals surface area (Å²) in [5.74, 6) is 0. The zero-order valence-corrected chi connectivity index (χ0v) is 13.6. The van der Waals surface area contributed by atoms with Crippen molar-refractivity contribution in [3.63, 3.8) is 0 Å². The molecule has 0 radical (unpaired) electrons. The summed E-state index contributed by atoms with van der Waals surface area (Å²) < 4.78 is 16.2. The van der Waals surface area contributed by atoms with E-state index in [-0.39, 0.29) is 6.79 Å². The highest BCUT2D eigenvalue weighted by atomic mass is 35.5. The largest absolute Gasteiger partial charge is 0.440 e. The Labute approximate surface area is 130 Å². The van der Waals surface area contributed by atoms with E-state index in [9.17, 15) is 4.79 Å². The van der Waals surface area contributed by atoms with Crippen molar-refractivity contribution < 1.29 is 19.0 Å². The number of halogens is 1. The van der Waals surface area contributed by atoms with E-state index in [4.69, 9.17) is 31.5 Å². The number of benzene rings is 1. The van der Waals surface area contributed by atoms with Gasteiger partial charge in [0.2, 0.25) is 0 Å². The molecule has 0 bridgehead atoms. The van der Waals surface area contributed by atoms with E-state index in [0.717, 1.165) is 5.56 Å². The van der Waals surface area contributed by atoms with Crippen LogP contribution in [0, 0.1) is 0 Å². The van der Waals surface area contributed by atoms with Gasteiger partial charge in [-0.2, -0.15) is 0 Å². The minimum absolute atomic E-state index is 0.0324. The minimum Gasteiger partial charge on any atom is -0.440 e. The smallest absolute Gasteiger partial charge is 0.405 e. The molecule has 0 saturated heterocycles. The summed E-state index contributed by atoms with van der Waals surface area (Å²) in [5, 5.41) is 0.525. The van der Waals surface area contributed by atoms with Gasteiger partial charge in [-0.1, -0.05) is 36.7 Å². The molecular weight excluding hydrogens is 294 g/mol. The highest BCUT2D eigenvalue weighted by Gasteiger charge is 2.50. The van der Waals surface area contributed by atoms with Gasteiger partial charge in [0, 0.05) is 17.7 Å². The summed E-state index contributed by atoms with van der Waals surface area (Å²) in [6.07, 6.45) is -0.355. The molecule has 6 heteroatoms. The van der Waals surface area contributed by atoms with E-state index < -0.39 is 17.3 Å². The molecule has 2 N–H and O–H groups in total. The van der Waals surface area contributed by atoms with Crippen LogP contribution in [0.3, 0.4) is 0 Å². The molecule has 0 unspecified atom stereocenters. The Morgan fingerprint density at radius 3 is 2.43 bits per heavy atom. The van der Waals surface area contributed by atoms with E-state index in [2.05, 4.69) is 0 Å². The van der Waals surface area contributed by atoms with Crippen molar-refractivity contribution in [3.8, 4) is 0 Å². The third-order valence-electron chi connectivity index (χ3n) is 3.56. The first-order valence-corrected chi connectivity index (χ1v) is 7.05. The van der Waals surface area contributed by atoms with Gasteiger partial charge in [0.15, 0.2) is 0 Å². The maximum atomic E-state index is 11.2. The lowest BCUT2D eigenvalue weighted by Crippen LogP contribution is -2.53. The van der Waals surface area contributed by atoms with Crippen LogP contribution in [0.4, 0.5) is 4.79 Å². The molecule has 1 rings (SSSR count). The first-order valence-electron chi connectivity index (χ1n) is 6.67. The summed E-state index contributed by atoms with van der Waals surface area (Å²) in [5.41, 5.74) is 3.91. The predicted molar refractivity (Wildman–Crippen MR) is 81.1 cm³/mol. The van der Waals surface area contributed by atoms with Gasteiger partial charge in [0.25, 0.3) is 0 Å². The van der Waals surface area contributed by atoms with Crippen LogP contribution in [0.2, 0.25) is 5.02 Å². The minimum atomic E-state index is -1.03. The summed E-state index contributed by atoms with van der Waals surface area (Å²) in [6.45, 7) is 5.43. The maximum Gasteiger partial charge on any atom is 0.405 e. The first kappa shape index (κ1) is 17.8. The van der Waals surface area contributed by atoms with Gasteiger partial charge in [-0.05, 0) is 26.3 Å². The average molecular weight is 316 g/mol. The van der Waals surface area contributed by atoms with Crippen molar-refractivity contribution in [1.82, 2.24) is 0 Å². The summed E-state index contributed by atoms with van der Waals surface area (Å²) in [6, 6.07) is 7.28. The molecule has 1 amide bonds. The second-order valence-electron chi connectivity index (χ2n) is 5.14. The van der Waals surface area contributed by atoms with Crippen LogP contribution in [-0.4, -0.2) is 25.6 Å². The van der Waals surface area contributed by atoms with Gasteiger partial charge >= 0.3 is 6.09 Å². The Hall–Kier alpha value is -1.30. The zero-order valence-electron chi connectivity index (χ0n) is 12.8. The number of nitrogens with two attached hydrogens (primary N) is 1. The number of carbonyl (C=O) groups excluding carboxylic acids is 1. The molecule has 1 aromatic carbocycles. The fourth-order valence-corrected chi connectivity index (χ4v) is 2.86. The Morgan fingerprint density at radius 1 is 1.33 bits per heavy atom. The molecule has 0 aliphatic heterocycles. The molecule has 0 saturated carbocycles. The van der Waals surface area contributed by atoms with E-state index >= 15 is 0 Å². The molecule has 1 atom stereocenters. The lowest BCUT2D eigenvalue weighted by Gasteiger charge is -2.45. The van der Waals surface area contributed by atoms with Gasteiger partial charge < -0.3 is 19.9 Å². The van der Waals surface area contributed by atoms with Crippen LogP contribution in [0.5, 0.6) is 0 Å². The predicted octanol–water partition coefficient (Wildman–Crippen LogP) is 3.44. The SMILES string of the molecule is CC[C@@](OCOC)(c1ccccc1Cl)C(C)(C)OC(N)=O. The number of primary amides is 1. The van der Waals surface area contributed by atoms with Gasteiger partial charge in [-0.3, -0.25) is 0 Å². The van der Waals surface area contributed by atoms with Crippen LogP contribution >= 0.6 is 11.6 Å². The Morgan fingerprint density at radius 2 is 1.95 bits per heavy atom. The molecule has 21 heavy (non-hydrogen) atoms. The average Bonchev–Trinajstić information content (AvgIpc) is 2.40. The fraction of sp³-hybridized carbons (Fsp3) is 0.533. The number of methoxy groups -OCH3 is 1. The van der Waals surface area contributed by atoms with Crippen LogP contribution in [-0.2, 0) is 19.8 Å². The molecule has 0 aliphatic rings. The number of ether oxygens (including phenoxy) is 3. The number of rotatable bonds is 7. The number of amides is 1. The standard InChI is InChI=1S/C15H22ClNO4/c1-5-15(20-10-19-4,14(2,3)21-13(17)18)11-8-6-7-9-12(11)16/h6-9H,5,10H2,1-4H3,(H2,17,18)/t15-/m1/s1. The second kappa shape index (κ2) is 7.11. The van der Waals surface area contributed by atoms with Crippen molar-refractivity contribution in [2.75, 3.05) is 13.9 Å². The third-order valence-corrected chi connectivity index (χ3v) is 3.89. The highest BCUT2D eigenvalue weighted by molar-refractivity contribution is 6.31. The molecule has 1 aromatic rings. The van der Waals surface area contributed by atoms with Gasteiger partial charge in [0.1, 0.15) is 18.0 Å². The van der Waals surface area contributed by atoms with Crippen molar-refractivity contribution >= 4 is 17.7 Å². The Kier molecular flexibility index (Phi) is 6.01. The van der Waals surface area contributed by atoms with Crippen molar-refractivity contribution in [2.45, 2.75) is 38.4 Å². The molecule has 5 nitrogen and oxygen atoms in total. The van der Waals surface area contributed by atoms with Crippen molar-refractivity contribution in [1.29, 1.82) is 0 Å². The molecular formula is C15H22ClNO4. The monoisotopic (exact) mass is 315 g/mol. The number of hydrogen-bond donors (Lipinski definition) is 1. The van der Waals surface area contributed by atoms with E-state index in [1.54, 1.807) is 19.9 Å². The quantitative estimate of drug-likeness (QED) is 0.782. The second-order valence-corrected chi connectivity index (χ2v) is 5.55.